The van der Waals surface area contributed by atoms with Crippen LogP contribution >= 0.6 is 15.9 Å². The monoisotopic (exact) mass is 352 g/mol. The highest BCUT2D eigenvalue weighted by molar-refractivity contribution is 9.10. The first-order valence-corrected chi connectivity index (χ1v) is 8.26. The normalized spacial score (nSPS) is 28.5. The maximum absolute atomic E-state index is 12.3. The lowest BCUT2D eigenvalue weighted by Gasteiger charge is -2.27. The van der Waals surface area contributed by atoms with Crippen molar-refractivity contribution < 1.29 is 0 Å². The molecule has 1 unspecified atom stereocenters. The number of anilines is 1. The number of hydrogen-bond donors (Lipinski definition) is 1. The summed E-state index contributed by atoms with van der Waals surface area (Å²) in [7, 11) is 0. The molecule has 1 aromatic heterocycles. The third-order valence-electron chi connectivity index (χ3n) is 4.70. The van der Waals surface area contributed by atoms with Gasteiger partial charge in [0.15, 0.2) is 0 Å². The van der Waals surface area contributed by atoms with Gasteiger partial charge in [-0.2, -0.15) is 5.10 Å². The standard InChI is InChI=1S/C15H21BrN4O/c1-2-5-20-15(21)14(16)13(7-18-20)19-8-10-3-4-12(17)6-11(10)9-19/h2,7,10-12H,1,3-6,8-9,17H2/t10-,11+,12?/m1/s1. The van der Waals surface area contributed by atoms with Crippen molar-refractivity contribution in [3.8, 4) is 0 Å². The lowest BCUT2D eigenvalue weighted by molar-refractivity contribution is 0.271. The number of halogens is 1. The number of allylic oxidation sites excluding steroid dienone is 1. The zero-order valence-electron chi connectivity index (χ0n) is 12.0. The van der Waals surface area contributed by atoms with Crippen molar-refractivity contribution in [2.75, 3.05) is 18.0 Å². The topological polar surface area (TPSA) is 64.2 Å². The van der Waals surface area contributed by atoms with Gasteiger partial charge in [0.25, 0.3) is 5.56 Å². The Morgan fingerprint density at radius 3 is 2.95 bits per heavy atom. The highest BCUT2D eigenvalue weighted by atomic mass is 79.9. The van der Waals surface area contributed by atoms with Crippen LogP contribution in [0.2, 0.25) is 0 Å². The Kier molecular flexibility index (Phi) is 4.17. The molecule has 2 aliphatic rings. The van der Waals surface area contributed by atoms with Crippen molar-refractivity contribution in [1.29, 1.82) is 0 Å². The van der Waals surface area contributed by atoms with Crippen molar-refractivity contribution in [3.05, 3.63) is 33.7 Å². The average Bonchev–Trinajstić information content (AvgIpc) is 2.87. The van der Waals surface area contributed by atoms with E-state index in [9.17, 15) is 4.79 Å². The molecule has 1 aliphatic carbocycles. The van der Waals surface area contributed by atoms with Crippen molar-refractivity contribution in [2.24, 2.45) is 17.6 Å². The number of hydrogen-bond acceptors (Lipinski definition) is 4. The van der Waals surface area contributed by atoms with Crippen molar-refractivity contribution in [1.82, 2.24) is 9.78 Å². The van der Waals surface area contributed by atoms with Gasteiger partial charge in [-0.05, 0) is 47.0 Å². The molecule has 1 aromatic rings. The Hall–Kier alpha value is -1.14. The summed E-state index contributed by atoms with van der Waals surface area (Å²) in [6.07, 6.45) is 6.87. The summed E-state index contributed by atoms with van der Waals surface area (Å²) in [4.78, 5) is 14.5. The second kappa shape index (κ2) is 5.93. The molecule has 21 heavy (non-hydrogen) atoms. The summed E-state index contributed by atoms with van der Waals surface area (Å²) >= 11 is 3.45. The highest BCUT2D eigenvalue weighted by Crippen LogP contribution is 2.38. The summed E-state index contributed by atoms with van der Waals surface area (Å²) in [6.45, 7) is 6.05. The predicted octanol–water partition coefficient (Wildman–Crippen LogP) is 1.76. The van der Waals surface area contributed by atoms with E-state index in [4.69, 9.17) is 5.73 Å². The first-order valence-electron chi connectivity index (χ1n) is 7.47. The maximum atomic E-state index is 12.3. The molecule has 1 saturated heterocycles. The molecule has 3 rings (SSSR count). The van der Waals surface area contributed by atoms with Gasteiger partial charge in [0.2, 0.25) is 0 Å². The van der Waals surface area contributed by atoms with E-state index in [2.05, 4.69) is 32.5 Å². The van der Waals surface area contributed by atoms with E-state index in [-0.39, 0.29) is 5.56 Å². The van der Waals surface area contributed by atoms with E-state index in [1.165, 1.54) is 11.1 Å². The molecular weight excluding hydrogens is 332 g/mol. The fourth-order valence-electron chi connectivity index (χ4n) is 3.59. The maximum Gasteiger partial charge on any atom is 0.283 e. The molecule has 0 bridgehead atoms. The summed E-state index contributed by atoms with van der Waals surface area (Å²) in [5.41, 5.74) is 6.89. The zero-order valence-corrected chi connectivity index (χ0v) is 13.6. The molecule has 2 N–H and O–H groups in total. The molecule has 0 spiro atoms. The number of aromatic nitrogens is 2. The van der Waals surface area contributed by atoms with Crippen LogP contribution in [0, 0.1) is 11.8 Å². The summed E-state index contributed by atoms with van der Waals surface area (Å²) in [5.74, 6) is 1.35. The molecular formula is C15H21BrN4O. The lowest BCUT2D eigenvalue weighted by Crippen LogP contribution is -2.32. The van der Waals surface area contributed by atoms with Crippen molar-refractivity contribution in [3.63, 3.8) is 0 Å². The molecule has 2 heterocycles. The molecule has 114 valence electrons. The molecule has 0 radical (unpaired) electrons. The highest BCUT2D eigenvalue weighted by Gasteiger charge is 2.37. The van der Waals surface area contributed by atoms with Gasteiger partial charge < -0.3 is 10.6 Å². The quantitative estimate of drug-likeness (QED) is 0.841. The second-order valence-corrected chi connectivity index (χ2v) is 6.91. The van der Waals surface area contributed by atoms with Crippen LogP contribution in [0.3, 0.4) is 0 Å². The van der Waals surface area contributed by atoms with Gasteiger partial charge >= 0.3 is 0 Å². The van der Waals surface area contributed by atoms with Gasteiger partial charge in [0.1, 0.15) is 4.47 Å². The van der Waals surface area contributed by atoms with Crippen LogP contribution in [-0.4, -0.2) is 28.9 Å². The fourth-order valence-corrected chi connectivity index (χ4v) is 4.15. The fraction of sp³-hybridized carbons (Fsp3) is 0.600. The Bertz CT molecular complexity index is 600. The molecule has 5 nitrogen and oxygen atoms in total. The van der Waals surface area contributed by atoms with Gasteiger partial charge in [-0.1, -0.05) is 6.08 Å². The first-order chi connectivity index (χ1) is 10.1. The third-order valence-corrected chi connectivity index (χ3v) is 5.44. The number of nitrogens with two attached hydrogens (primary N) is 1. The van der Waals surface area contributed by atoms with E-state index in [1.807, 2.05) is 0 Å². The van der Waals surface area contributed by atoms with Crippen LogP contribution in [0.1, 0.15) is 19.3 Å². The smallest absolute Gasteiger partial charge is 0.283 e. The summed E-state index contributed by atoms with van der Waals surface area (Å²) in [6, 6.07) is 0.341. The summed E-state index contributed by atoms with van der Waals surface area (Å²) in [5, 5.41) is 4.24. The Balaban J connectivity index is 1.83. The zero-order chi connectivity index (χ0) is 15.0. The molecule has 1 saturated carbocycles. The largest absolute Gasteiger partial charge is 0.369 e. The second-order valence-electron chi connectivity index (χ2n) is 6.12. The third kappa shape index (κ3) is 2.79. The molecule has 6 heteroatoms. The van der Waals surface area contributed by atoms with Gasteiger partial charge in [0.05, 0.1) is 18.4 Å². The number of nitrogens with zero attached hydrogens (tertiary/aromatic N) is 3. The van der Waals surface area contributed by atoms with Crippen LogP contribution in [0.25, 0.3) is 0 Å². The number of rotatable bonds is 3. The average molecular weight is 353 g/mol. The van der Waals surface area contributed by atoms with Crippen LogP contribution in [0.5, 0.6) is 0 Å². The van der Waals surface area contributed by atoms with Crippen molar-refractivity contribution >= 4 is 21.6 Å². The van der Waals surface area contributed by atoms with E-state index < -0.39 is 0 Å². The van der Waals surface area contributed by atoms with Crippen LogP contribution in [-0.2, 0) is 6.54 Å². The Morgan fingerprint density at radius 2 is 2.19 bits per heavy atom. The van der Waals surface area contributed by atoms with Gasteiger partial charge in [-0.25, -0.2) is 4.68 Å². The van der Waals surface area contributed by atoms with Crippen LogP contribution < -0.4 is 16.2 Å². The minimum absolute atomic E-state index is 0.0982. The van der Waals surface area contributed by atoms with Crippen LogP contribution in [0.15, 0.2) is 28.1 Å². The number of fused-ring (bicyclic) bond motifs is 1. The van der Waals surface area contributed by atoms with Gasteiger partial charge in [-0.3, -0.25) is 4.79 Å². The summed E-state index contributed by atoms with van der Waals surface area (Å²) < 4.78 is 2.02. The SMILES string of the molecule is C=CCn1ncc(N2C[C@H]3CCC(N)C[C@H]3C2)c(Br)c1=O. The predicted molar refractivity (Wildman–Crippen MR) is 87.4 cm³/mol. The van der Waals surface area contributed by atoms with Crippen LogP contribution in [0.4, 0.5) is 5.69 Å². The van der Waals surface area contributed by atoms with Crippen molar-refractivity contribution in [2.45, 2.75) is 31.8 Å². The molecule has 2 fully saturated rings. The molecule has 3 atom stereocenters. The van der Waals surface area contributed by atoms with Gasteiger partial charge in [0, 0.05) is 19.1 Å². The molecule has 1 aliphatic heterocycles. The van der Waals surface area contributed by atoms with Gasteiger partial charge in [-0.15, -0.1) is 6.58 Å². The minimum atomic E-state index is -0.0982. The lowest BCUT2D eigenvalue weighted by atomic mass is 9.79. The Labute approximate surface area is 132 Å². The van der Waals surface area contributed by atoms with E-state index in [1.54, 1.807) is 12.3 Å². The first kappa shape index (κ1) is 14.8. The van der Waals surface area contributed by atoms with E-state index >= 15 is 0 Å². The van der Waals surface area contributed by atoms with E-state index in [0.29, 0.717) is 28.9 Å². The van der Waals surface area contributed by atoms with E-state index in [0.717, 1.165) is 31.6 Å². The minimum Gasteiger partial charge on any atom is -0.369 e. The Morgan fingerprint density at radius 1 is 1.43 bits per heavy atom. The molecule has 0 amide bonds. The molecule has 0 aromatic carbocycles.